The molecule has 31 heavy (non-hydrogen) atoms. The van der Waals surface area contributed by atoms with Gasteiger partial charge < -0.3 is 9.84 Å². The molecule has 0 bridgehead atoms. The fourth-order valence-electron chi connectivity index (χ4n) is 4.69. The summed E-state index contributed by atoms with van der Waals surface area (Å²) in [6.07, 6.45) is 4.43. The number of benzene rings is 2. The first-order valence-corrected chi connectivity index (χ1v) is 10.9. The summed E-state index contributed by atoms with van der Waals surface area (Å²) in [4.78, 5) is 11.9. The van der Waals surface area contributed by atoms with Crippen molar-refractivity contribution in [2.24, 2.45) is 5.92 Å². The van der Waals surface area contributed by atoms with Gasteiger partial charge in [0.05, 0.1) is 7.11 Å². The van der Waals surface area contributed by atoms with Crippen molar-refractivity contribution >= 4 is 5.97 Å². The quantitative estimate of drug-likeness (QED) is 0.492. The third-order valence-electron chi connectivity index (χ3n) is 6.60. The minimum atomic E-state index is -2.26. The Morgan fingerprint density at radius 3 is 2.29 bits per heavy atom. The smallest absolute Gasteiger partial charge is 0.341 e. The van der Waals surface area contributed by atoms with Gasteiger partial charge in [0.1, 0.15) is 0 Å². The van der Waals surface area contributed by atoms with Gasteiger partial charge in [-0.1, -0.05) is 50.5 Å². The van der Waals surface area contributed by atoms with E-state index in [4.69, 9.17) is 4.74 Å². The van der Waals surface area contributed by atoms with Crippen molar-refractivity contribution in [1.82, 2.24) is 0 Å². The zero-order valence-electron chi connectivity index (χ0n) is 18.0. The van der Waals surface area contributed by atoms with Crippen LogP contribution in [-0.4, -0.2) is 23.9 Å². The number of hydrogen-bond acceptors (Lipinski definition) is 2. The molecule has 1 saturated carbocycles. The van der Waals surface area contributed by atoms with Crippen molar-refractivity contribution < 1.29 is 27.8 Å². The Balaban J connectivity index is 1.84. The van der Waals surface area contributed by atoms with E-state index < -0.39 is 29.2 Å². The van der Waals surface area contributed by atoms with Crippen molar-refractivity contribution in [1.29, 1.82) is 0 Å². The topological polar surface area (TPSA) is 46.5 Å². The van der Waals surface area contributed by atoms with Gasteiger partial charge in [-0.3, -0.25) is 0 Å². The van der Waals surface area contributed by atoms with Gasteiger partial charge in [-0.25, -0.2) is 13.6 Å². The second kappa shape index (κ2) is 9.75. The molecule has 1 aliphatic carbocycles. The molecular formula is C25H29F3O3. The Bertz CT molecular complexity index is 907. The second-order valence-corrected chi connectivity index (χ2v) is 8.38. The van der Waals surface area contributed by atoms with Crippen LogP contribution in [0.15, 0.2) is 36.4 Å². The van der Waals surface area contributed by atoms with Gasteiger partial charge >= 0.3 is 5.97 Å². The number of aliphatic carboxylic acids is 1. The molecule has 0 aliphatic heterocycles. The van der Waals surface area contributed by atoms with Crippen LogP contribution in [0.25, 0.3) is 11.1 Å². The maximum atomic E-state index is 15.7. The number of halogens is 3. The highest BCUT2D eigenvalue weighted by Crippen LogP contribution is 2.43. The van der Waals surface area contributed by atoms with Crippen molar-refractivity contribution in [2.45, 2.75) is 63.5 Å². The molecule has 0 amide bonds. The molecule has 1 unspecified atom stereocenters. The van der Waals surface area contributed by atoms with Gasteiger partial charge in [0.15, 0.2) is 11.6 Å². The summed E-state index contributed by atoms with van der Waals surface area (Å²) in [5.74, 6) is -4.35. The van der Waals surface area contributed by atoms with Crippen LogP contribution < -0.4 is 4.74 Å². The monoisotopic (exact) mass is 434 g/mol. The molecule has 1 aliphatic rings. The number of alkyl halides is 1. The molecule has 3 nitrogen and oxygen atoms in total. The average molecular weight is 434 g/mol. The van der Waals surface area contributed by atoms with E-state index in [0.29, 0.717) is 24.8 Å². The molecule has 0 radical (unpaired) electrons. The summed E-state index contributed by atoms with van der Waals surface area (Å²) in [6.45, 7) is 1.90. The molecule has 6 heteroatoms. The van der Waals surface area contributed by atoms with Gasteiger partial charge in [-0.15, -0.1) is 0 Å². The normalized spacial score (nSPS) is 17.7. The lowest BCUT2D eigenvalue weighted by atomic mass is 9.72. The summed E-state index contributed by atoms with van der Waals surface area (Å²) in [6, 6.07) is 9.62. The summed E-state index contributed by atoms with van der Waals surface area (Å²) < 4.78 is 49.0. The molecule has 1 N–H and O–H groups in total. The van der Waals surface area contributed by atoms with E-state index in [2.05, 4.69) is 0 Å². The average Bonchev–Trinajstić information content (AvgIpc) is 2.79. The predicted molar refractivity (Wildman–Crippen MR) is 114 cm³/mol. The second-order valence-electron chi connectivity index (χ2n) is 8.38. The van der Waals surface area contributed by atoms with Gasteiger partial charge in [-0.05, 0) is 54.9 Å². The number of carbonyl (C=O) groups is 1. The van der Waals surface area contributed by atoms with Crippen LogP contribution in [0.5, 0.6) is 5.75 Å². The van der Waals surface area contributed by atoms with E-state index >= 15 is 4.39 Å². The van der Waals surface area contributed by atoms with Crippen LogP contribution in [0.3, 0.4) is 0 Å². The van der Waals surface area contributed by atoms with E-state index in [1.165, 1.54) is 19.2 Å². The summed E-state index contributed by atoms with van der Waals surface area (Å²) in [5, 5.41) is 9.71. The van der Waals surface area contributed by atoms with Crippen LogP contribution in [0.4, 0.5) is 13.2 Å². The Labute approximate surface area is 181 Å². The molecule has 0 aromatic heterocycles. The number of methoxy groups -OCH3 is 1. The van der Waals surface area contributed by atoms with Crippen LogP contribution in [0.2, 0.25) is 0 Å². The molecule has 168 valence electrons. The van der Waals surface area contributed by atoms with Crippen molar-refractivity contribution in [3.63, 3.8) is 0 Å². The van der Waals surface area contributed by atoms with E-state index in [9.17, 15) is 18.7 Å². The third kappa shape index (κ3) is 4.73. The Hall–Kier alpha value is -2.50. The summed E-state index contributed by atoms with van der Waals surface area (Å²) >= 11 is 0. The number of carboxylic acid groups (broad SMARTS) is 1. The Morgan fingerprint density at radius 1 is 1.10 bits per heavy atom. The number of rotatable bonds is 8. The van der Waals surface area contributed by atoms with Crippen molar-refractivity contribution in [2.75, 3.05) is 7.11 Å². The van der Waals surface area contributed by atoms with E-state index in [-0.39, 0.29) is 23.7 Å². The lowest BCUT2D eigenvalue weighted by Crippen LogP contribution is -2.43. The van der Waals surface area contributed by atoms with Gasteiger partial charge in [0.2, 0.25) is 11.5 Å². The molecule has 1 fully saturated rings. The molecule has 0 spiro atoms. The zero-order valence-corrected chi connectivity index (χ0v) is 18.0. The van der Waals surface area contributed by atoms with Crippen LogP contribution in [-0.2, 0) is 4.79 Å². The highest BCUT2D eigenvalue weighted by Gasteiger charge is 2.47. The first-order chi connectivity index (χ1) is 14.8. The lowest BCUT2D eigenvalue weighted by Gasteiger charge is -2.35. The van der Waals surface area contributed by atoms with E-state index in [0.717, 1.165) is 24.8 Å². The van der Waals surface area contributed by atoms with Crippen molar-refractivity contribution in [3.8, 4) is 16.9 Å². The summed E-state index contributed by atoms with van der Waals surface area (Å²) in [7, 11) is 1.27. The minimum Gasteiger partial charge on any atom is -0.494 e. The highest BCUT2D eigenvalue weighted by atomic mass is 19.2. The van der Waals surface area contributed by atoms with Gasteiger partial charge in [0.25, 0.3) is 0 Å². The van der Waals surface area contributed by atoms with Crippen LogP contribution >= 0.6 is 0 Å². The number of carboxylic acids is 1. The minimum absolute atomic E-state index is 0.0889. The molecule has 3 rings (SSSR count). The fourth-order valence-corrected chi connectivity index (χ4v) is 4.69. The Morgan fingerprint density at radius 2 is 1.74 bits per heavy atom. The standard InChI is InChI=1S/C25H29F3O3/c1-3-16(15-25(28,24(29)30)19-7-5-4-6-8-19)17-9-11-18(12-10-17)20-13-14-21(31-2)23(27)22(20)26/h9-14,16,19H,3-8,15H2,1-2H3,(H,29,30)/t16?,25-/m0/s1. The Kier molecular flexibility index (Phi) is 7.29. The van der Waals surface area contributed by atoms with Crippen LogP contribution in [0.1, 0.15) is 63.4 Å². The molecule has 0 heterocycles. The maximum absolute atomic E-state index is 15.7. The van der Waals surface area contributed by atoms with Gasteiger partial charge in [-0.2, -0.15) is 4.39 Å². The predicted octanol–water partition coefficient (Wildman–Crippen LogP) is 6.90. The number of ether oxygens (including phenoxy) is 1. The first-order valence-electron chi connectivity index (χ1n) is 10.9. The molecule has 0 saturated heterocycles. The highest BCUT2D eigenvalue weighted by molar-refractivity contribution is 5.78. The first kappa shape index (κ1) is 23.2. The lowest BCUT2D eigenvalue weighted by molar-refractivity contribution is -0.157. The summed E-state index contributed by atoms with van der Waals surface area (Å²) in [5.41, 5.74) is -0.884. The van der Waals surface area contributed by atoms with E-state index in [1.807, 2.05) is 6.92 Å². The maximum Gasteiger partial charge on any atom is 0.341 e. The largest absolute Gasteiger partial charge is 0.494 e. The molecule has 2 aromatic rings. The molecular weight excluding hydrogens is 405 g/mol. The SMILES string of the molecule is CCC(C[C@@](F)(C(=O)O)C1CCCCC1)c1ccc(-c2ccc(OC)c(F)c2F)cc1. The zero-order chi connectivity index (χ0) is 22.6. The van der Waals surface area contributed by atoms with Crippen LogP contribution in [0, 0.1) is 17.6 Å². The third-order valence-corrected chi connectivity index (χ3v) is 6.60. The van der Waals surface area contributed by atoms with Gasteiger partial charge in [0, 0.05) is 11.5 Å². The molecule has 2 aromatic carbocycles. The molecule has 2 atom stereocenters. The fraction of sp³-hybridized carbons (Fsp3) is 0.480. The number of hydrogen-bond donors (Lipinski definition) is 1. The van der Waals surface area contributed by atoms with Crippen molar-refractivity contribution in [3.05, 3.63) is 53.6 Å². The van der Waals surface area contributed by atoms with E-state index in [1.54, 1.807) is 24.3 Å².